The highest BCUT2D eigenvalue weighted by Gasteiger charge is 2.13. The van der Waals surface area contributed by atoms with Crippen LogP contribution < -0.4 is 15.8 Å². The van der Waals surface area contributed by atoms with Crippen molar-refractivity contribution in [3.8, 4) is 22.7 Å². The SMILES string of the molecule is COc1ccc(-c2cc(N)n(-c3ccc(C(=O)NC(C)CC(C)C)cc3)n2)cc1. The Morgan fingerprint density at radius 2 is 1.76 bits per heavy atom. The van der Waals surface area contributed by atoms with Crippen LogP contribution in [0.3, 0.4) is 0 Å². The Kier molecular flexibility index (Phi) is 6.22. The quantitative estimate of drug-likeness (QED) is 0.628. The molecule has 0 aliphatic carbocycles. The molecule has 0 aliphatic rings. The summed E-state index contributed by atoms with van der Waals surface area (Å²) in [5.41, 5.74) is 9.31. The number of amides is 1. The number of benzene rings is 2. The van der Waals surface area contributed by atoms with Crippen molar-refractivity contribution in [2.45, 2.75) is 33.2 Å². The van der Waals surface area contributed by atoms with Crippen LogP contribution in [0.1, 0.15) is 37.6 Å². The predicted octanol–water partition coefficient (Wildman–Crippen LogP) is 4.29. The van der Waals surface area contributed by atoms with E-state index in [4.69, 9.17) is 10.5 Å². The van der Waals surface area contributed by atoms with Crippen molar-refractivity contribution in [3.05, 3.63) is 60.2 Å². The Bertz CT molecular complexity index is 960. The van der Waals surface area contributed by atoms with E-state index in [9.17, 15) is 4.79 Å². The third-order valence-electron chi connectivity index (χ3n) is 4.70. The van der Waals surface area contributed by atoms with Crippen molar-refractivity contribution in [2.24, 2.45) is 5.92 Å². The van der Waals surface area contributed by atoms with Crippen LogP contribution in [0.25, 0.3) is 16.9 Å². The standard InChI is InChI=1S/C23H28N4O2/c1-15(2)13-16(3)25-23(28)18-5-9-19(10-6-18)27-22(24)14-21(26-27)17-7-11-20(29-4)12-8-17/h5-12,14-16H,13,24H2,1-4H3,(H,25,28). The summed E-state index contributed by atoms with van der Waals surface area (Å²) >= 11 is 0. The number of hydrogen-bond acceptors (Lipinski definition) is 4. The lowest BCUT2D eigenvalue weighted by Gasteiger charge is -2.16. The zero-order valence-corrected chi connectivity index (χ0v) is 17.3. The van der Waals surface area contributed by atoms with Crippen LogP contribution in [-0.2, 0) is 0 Å². The van der Waals surface area contributed by atoms with Crippen LogP contribution >= 0.6 is 0 Å². The summed E-state index contributed by atoms with van der Waals surface area (Å²) in [6, 6.07) is 16.9. The molecule has 0 spiro atoms. The molecule has 1 aromatic heterocycles. The number of ether oxygens (including phenoxy) is 1. The highest BCUT2D eigenvalue weighted by Crippen LogP contribution is 2.25. The van der Waals surface area contributed by atoms with Crippen LogP contribution in [0.2, 0.25) is 0 Å². The summed E-state index contributed by atoms with van der Waals surface area (Å²) in [6.07, 6.45) is 0.946. The first-order chi connectivity index (χ1) is 13.9. The van der Waals surface area contributed by atoms with Gasteiger partial charge in [-0.1, -0.05) is 13.8 Å². The van der Waals surface area contributed by atoms with Crippen molar-refractivity contribution >= 4 is 11.7 Å². The van der Waals surface area contributed by atoms with Crippen LogP contribution in [0.4, 0.5) is 5.82 Å². The fraction of sp³-hybridized carbons (Fsp3) is 0.304. The number of carbonyl (C=O) groups is 1. The van der Waals surface area contributed by atoms with Gasteiger partial charge in [-0.15, -0.1) is 0 Å². The summed E-state index contributed by atoms with van der Waals surface area (Å²) in [4.78, 5) is 12.4. The first-order valence-electron chi connectivity index (χ1n) is 9.78. The van der Waals surface area contributed by atoms with Crippen molar-refractivity contribution in [3.63, 3.8) is 0 Å². The average Bonchev–Trinajstić information content (AvgIpc) is 3.09. The van der Waals surface area contributed by atoms with E-state index in [2.05, 4.69) is 24.3 Å². The number of methoxy groups -OCH3 is 1. The number of carbonyl (C=O) groups excluding carboxylic acids is 1. The van der Waals surface area contributed by atoms with Crippen LogP contribution in [0.15, 0.2) is 54.6 Å². The number of hydrogen-bond donors (Lipinski definition) is 2. The first kappa shape index (κ1) is 20.5. The minimum atomic E-state index is -0.0722. The minimum absolute atomic E-state index is 0.0722. The smallest absolute Gasteiger partial charge is 0.251 e. The lowest BCUT2D eigenvalue weighted by molar-refractivity contribution is 0.0936. The van der Waals surface area contributed by atoms with Gasteiger partial charge in [0.05, 0.1) is 18.5 Å². The second kappa shape index (κ2) is 8.82. The van der Waals surface area contributed by atoms with Gasteiger partial charge in [-0.2, -0.15) is 5.10 Å². The average molecular weight is 393 g/mol. The summed E-state index contributed by atoms with van der Waals surface area (Å²) in [6.45, 7) is 6.32. The van der Waals surface area contributed by atoms with Gasteiger partial charge in [0.1, 0.15) is 11.6 Å². The number of anilines is 1. The molecule has 3 aromatic rings. The van der Waals surface area contributed by atoms with Gasteiger partial charge in [0.2, 0.25) is 0 Å². The van der Waals surface area contributed by atoms with E-state index in [-0.39, 0.29) is 11.9 Å². The minimum Gasteiger partial charge on any atom is -0.497 e. The maximum absolute atomic E-state index is 12.4. The molecule has 1 unspecified atom stereocenters. The molecule has 1 atom stereocenters. The van der Waals surface area contributed by atoms with Gasteiger partial charge in [0, 0.05) is 23.2 Å². The number of nitrogens with zero attached hydrogens (tertiary/aromatic N) is 2. The van der Waals surface area contributed by atoms with Gasteiger partial charge >= 0.3 is 0 Å². The van der Waals surface area contributed by atoms with E-state index in [1.54, 1.807) is 23.9 Å². The number of nitrogen functional groups attached to an aromatic ring is 1. The molecule has 1 heterocycles. The fourth-order valence-electron chi connectivity index (χ4n) is 3.33. The molecule has 1 amide bonds. The molecule has 6 heteroatoms. The summed E-state index contributed by atoms with van der Waals surface area (Å²) in [5.74, 6) is 1.78. The molecule has 0 saturated heterocycles. The summed E-state index contributed by atoms with van der Waals surface area (Å²) in [7, 11) is 1.64. The Morgan fingerprint density at radius 3 is 2.34 bits per heavy atom. The lowest BCUT2D eigenvalue weighted by atomic mass is 10.0. The van der Waals surface area contributed by atoms with Crippen molar-refractivity contribution in [1.82, 2.24) is 15.1 Å². The number of rotatable bonds is 7. The van der Waals surface area contributed by atoms with E-state index in [0.29, 0.717) is 17.3 Å². The second-order valence-electron chi connectivity index (χ2n) is 7.65. The third-order valence-corrected chi connectivity index (χ3v) is 4.70. The van der Waals surface area contributed by atoms with Crippen LogP contribution in [-0.4, -0.2) is 28.8 Å². The van der Waals surface area contributed by atoms with Crippen LogP contribution in [0.5, 0.6) is 5.75 Å². The van der Waals surface area contributed by atoms with Crippen molar-refractivity contribution in [2.75, 3.05) is 12.8 Å². The van der Waals surface area contributed by atoms with Gasteiger partial charge < -0.3 is 15.8 Å². The molecule has 0 bridgehead atoms. The third kappa shape index (κ3) is 4.96. The van der Waals surface area contributed by atoms with Crippen molar-refractivity contribution in [1.29, 1.82) is 0 Å². The Morgan fingerprint density at radius 1 is 1.10 bits per heavy atom. The van der Waals surface area contributed by atoms with Gasteiger partial charge in [-0.25, -0.2) is 4.68 Å². The molecule has 2 aromatic carbocycles. The largest absolute Gasteiger partial charge is 0.497 e. The first-order valence-corrected chi connectivity index (χ1v) is 9.78. The van der Waals surface area contributed by atoms with E-state index in [1.807, 2.05) is 49.4 Å². The Labute approximate surface area is 171 Å². The van der Waals surface area contributed by atoms with E-state index < -0.39 is 0 Å². The Hall–Kier alpha value is -3.28. The van der Waals surface area contributed by atoms with E-state index in [0.717, 1.165) is 29.1 Å². The molecule has 152 valence electrons. The summed E-state index contributed by atoms with van der Waals surface area (Å²) in [5, 5.41) is 7.65. The molecular formula is C23H28N4O2. The van der Waals surface area contributed by atoms with E-state index >= 15 is 0 Å². The molecular weight excluding hydrogens is 364 g/mol. The predicted molar refractivity (Wildman–Crippen MR) is 116 cm³/mol. The van der Waals surface area contributed by atoms with Gasteiger partial charge in [0.15, 0.2) is 0 Å². The zero-order valence-electron chi connectivity index (χ0n) is 17.3. The highest BCUT2D eigenvalue weighted by atomic mass is 16.5. The Balaban J connectivity index is 1.76. The van der Waals surface area contributed by atoms with Crippen molar-refractivity contribution < 1.29 is 9.53 Å². The molecule has 3 N–H and O–H groups in total. The molecule has 3 rings (SSSR count). The number of nitrogens with one attached hydrogen (secondary N) is 1. The maximum Gasteiger partial charge on any atom is 0.251 e. The summed E-state index contributed by atoms with van der Waals surface area (Å²) < 4.78 is 6.86. The zero-order chi connectivity index (χ0) is 21.0. The molecule has 0 fully saturated rings. The maximum atomic E-state index is 12.4. The highest BCUT2D eigenvalue weighted by molar-refractivity contribution is 5.94. The molecule has 0 radical (unpaired) electrons. The molecule has 6 nitrogen and oxygen atoms in total. The fourth-order valence-corrected chi connectivity index (χ4v) is 3.33. The molecule has 0 saturated carbocycles. The molecule has 0 aliphatic heterocycles. The monoisotopic (exact) mass is 392 g/mol. The second-order valence-corrected chi connectivity index (χ2v) is 7.65. The van der Waals surface area contributed by atoms with E-state index in [1.165, 1.54) is 0 Å². The van der Waals surface area contributed by atoms with Gasteiger partial charge in [-0.3, -0.25) is 4.79 Å². The topological polar surface area (TPSA) is 82.2 Å². The lowest BCUT2D eigenvalue weighted by Crippen LogP contribution is -2.33. The number of nitrogens with two attached hydrogens (primary N) is 1. The van der Waals surface area contributed by atoms with Gasteiger partial charge in [0.25, 0.3) is 5.91 Å². The van der Waals surface area contributed by atoms with Gasteiger partial charge in [-0.05, 0) is 67.8 Å². The molecule has 29 heavy (non-hydrogen) atoms. The number of aromatic nitrogens is 2. The normalized spacial score (nSPS) is 12.0. The van der Waals surface area contributed by atoms with Crippen LogP contribution in [0, 0.1) is 5.92 Å².